The molecule has 14 heavy (non-hydrogen) atoms. The monoisotopic (exact) mass is 201 g/mol. The molecule has 0 radical (unpaired) electrons. The molecule has 2 rings (SSSR count). The molecule has 0 aromatic carbocycles. The maximum Gasteiger partial charge on any atom is 0.157 e. The Hall–Kier alpha value is -0.160. The van der Waals surface area contributed by atoms with Crippen LogP contribution >= 0.6 is 0 Å². The van der Waals surface area contributed by atoms with Gasteiger partial charge < -0.3 is 19.5 Å². The van der Waals surface area contributed by atoms with Gasteiger partial charge in [0, 0.05) is 19.7 Å². The molecule has 2 fully saturated rings. The van der Waals surface area contributed by atoms with Gasteiger partial charge in [0.1, 0.15) is 0 Å². The van der Waals surface area contributed by atoms with Crippen LogP contribution in [0.2, 0.25) is 0 Å². The van der Waals surface area contributed by atoms with Crippen LogP contribution in [0.1, 0.15) is 19.3 Å². The van der Waals surface area contributed by atoms with Crippen LogP contribution in [0.3, 0.4) is 0 Å². The smallest absolute Gasteiger partial charge is 0.157 e. The summed E-state index contributed by atoms with van der Waals surface area (Å²) >= 11 is 0. The molecule has 0 bridgehead atoms. The van der Waals surface area contributed by atoms with E-state index in [9.17, 15) is 0 Å². The quantitative estimate of drug-likeness (QED) is 0.722. The molecule has 0 amide bonds. The van der Waals surface area contributed by atoms with Crippen molar-refractivity contribution >= 4 is 0 Å². The number of nitrogens with one attached hydrogen (secondary N) is 1. The second-order valence-electron chi connectivity index (χ2n) is 3.83. The molecular weight excluding hydrogens is 182 g/mol. The lowest BCUT2D eigenvalue weighted by Gasteiger charge is -2.27. The van der Waals surface area contributed by atoms with Crippen molar-refractivity contribution in [1.82, 2.24) is 5.32 Å². The maximum absolute atomic E-state index is 5.64. The Morgan fingerprint density at radius 1 is 1.21 bits per heavy atom. The van der Waals surface area contributed by atoms with E-state index in [0.29, 0.717) is 6.61 Å². The third-order valence-corrected chi connectivity index (χ3v) is 2.61. The van der Waals surface area contributed by atoms with Crippen LogP contribution < -0.4 is 5.32 Å². The van der Waals surface area contributed by atoms with Gasteiger partial charge in [-0.3, -0.25) is 0 Å². The van der Waals surface area contributed by atoms with Crippen molar-refractivity contribution in [3.05, 3.63) is 0 Å². The zero-order valence-electron chi connectivity index (χ0n) is 8.54. The summed E-state index contributed by atoms with van der Waals surface area (Å²) < 4.78 is 16.6. The van der Waals surface area contributed by atoms with Crippen molar-refractivity contribution in [3.63, 3.8) is 0 Å². The van der Waals surface area contributed by atoms with Gasteiger partial charge >= 0.3 is 0 Å². The molecule has 2 heterocycles. The molecule has 2 aliphatic rings. The van der Waals surface area contributed by atoms with Crippen LogP contribution in [0.5, 0.6) is 0 Å². The van der Waals surface area contributed by atoms with Gasteiger partial charge in [0.05, 0.1) is 19.3 Å². The first-order valence-corrected chi connectivity index (χ1v) is 5.50. The molecular formula is C10H19NO3. The van der Waals surface area contributed by atoms with E-state index in [1.165, 1.54) is 12.8 Å². The van der Waals surface area contributed by atoms with Crippen molar-refractivity contribution in [1.29, 1.82) is 0 Å². The second-order valence-corrected chi connectivity index (χ2v) is 3.83. The zero-order valence-corrected chi connectivity index (χ0v) is 8.54. The standard InChI is InChI=1S/C10H19NO3/c1-2-5-13-10(3-1)14-8-9-7-11-4-6-12-9/h9-11H,1-8H2/t9-,10?/m0/s1. The minimum atomic E-state index is 0.00859. The molecule has 0 aromatic heterocycles. The number of hydrogen-bond donors (Lipinski definition) is 1. The summed E-state index contributed by atoms with van der Waals surface area (Å²) in [6, 6.07) is 0. The van der Waals surface area contributed by atoms with E-state index in [2.05, 4.69) is 5.32 Å². The Balaban J connectivity index is 1.60. The fourth-order valence-corrected chi connectivity index (χ4v) is 1.78. The Morgan fingerprint density at radius 3 is 2.93 bits per heavy atom. The molecule has 4 heteroatoms. The topological polar surface area (TPSA) is 39.7 Å². The summed E-state index contributed by atoms with van der Waals surface area (Å²) in [5.74, 6) is 0. The number of hydrogen-bond acceptors (Lipinski definition) is 4. The first kappa shape index (κ1) is 10.4. The van der Waals surface area contributed by atoms with Gasteiger partial charge in [0.25, 0.3) is 0 Å². The Kier molecular flexibility index (Phi) is 4.19. The Bertz CT molecular complexity index is 135. The summed E-state index contributed by atoms with van der Waals surface area (Å²) in [4.78, 5) is 0. The molecule has 0 aliphatic carbocycles. The van der Waals surface area contributed by atoms with Gasteiger partial charge in [0.2, 0.25) is 0 Å². The van der Waals surface area contributed by atoms with Crippen molar-refractivity contribution in [2.75, 3.05) is 32.9 Å². The van der Waals surface area contributed by atoms with E-state index in [-0.39, 0.29) is 12.4 Å². The summed E-state index contributed by atoms with van der Waals surface area (Å²) in [6.07, 6.45) is 3.62. The van der Waals surface area contributed by atoms with E-state index in [1.54, 1.807) is 0 Å². The van der Waals surface area contributed by atoms with E-state index in [4.69, 9.17) is 14.2 Å². The van der Waals surface area contributed by atoms with E-state index in [0.717, 1.165) is 32.7 Å². The lowest BCUT2D eigenvalue weighted by Crippen LogP contribution is -2.42. The number of rotatable bonds is 3. The largest absolute Gasteiger partial charge is 0.373 e. The van der Waals surface area contributed by atoms with Gasteiger partial charge in [0.15, 0.2) is 6.29 Å². The molecule has 4 nitrogen and oxygen atoms in total. The number of ether oxygens (including phenoxy) is 3. The summed E-state index contributed by atoms with van der Waals surface area (Å²) in [5.41, 5.74) is 0. The first-order chi connectivity index (χ1) is 6.95. The zero-order chi connectivity index (χ0) is 9.64. The fourth-order valence-electron chi connectivity index (χ4n) is 1.78. The van der Waals surface area contributed by atoms with Gasteiger partial charge in [-0.05, 0) is 19.3 Å². The molecule has 0 saturated carbocycles. The van der Waals surface area contributed by atoms with Gasteiger partial charge in [-0.2, -0.15) is 0 Å². The molecule has 1 unspecified atom stereocenters. The number of morpholine rings is 1. The van der Waals surface area contributed by atoms with E-state index >= 15 is 0 Å². The molecule has 0 aromatic rings. The highest BCUT2D eigenvalue weighted by atomic mass is 16.7. The maximum atomic E-state index is 5.64. The average molecular weight is 201 g/mol. The molecule has 2 saturated heterocycles. The minimum absolute atomic E-state index is 0.00859. The van der Waals surface area contributed by atoms with Gasteiger partial charge in [-0.1, -0.05) is 0 Å². The summed E-state index contributed by atoms with van der Waals surface area (Å²) in [6.45, 7) is 4.13. The highest BCUT2D eigenvalue weighted by Gasteiger charge is 2.18. The SMILES string of the molecule is C1CCC(OC[C@@H]2CNCCO2)OC1. The Labute approximate surface area is 84.9 Å². The van der Waals surface area contributed by atoms with E-state index < -0.39 is 0 Å². The van der Waals surface area contributed by atoms with Crippen molar-refractivity contribution in [2.24, 2.45) is 0 Å². The highest BCUT2D eigenvalue weighted by molar-refractivity contribution is 4.66. The van der Waals surface area contributed by atoms with Crippen LogP contribution in [0.4, 0.5) is 0 Å². The van der Waals surface area contributed by atoms with Crippen LogP contribution in [0.25, 0.3) is 0 Å². The molecule has 1 N–H and O–H groups in total. The lowest BCUT2D eigenvalue weighted by atomic mass is 10.2. The average Bonchev–Trinajstić information content (AvgIpc) is 2.29. The molecule has 0 spiro atoms. The molecule has 82 valence electrons. The van der Waals surface area contributed by atoms with Gasteiger partial charge in [-0.15, -0.1) is 0 Å². The third-order valence-electron chi connectivity index (χ3n) is 2.61. The van der Waals surface area contributed by atoms with Crippen molar-refractivity contribution in [2.45, 2.75) is 31.7 Å². The predicted molar refractivity (Wildman–Crippen MR) is 52.2 cm³/mol. The third kappa shape index (κ3) is 3.20. The van der Waals surface area contributed by atoms with Crippen LogP contribution in [-0.4, -0.2) is 45.3 Å². The minimum Gasteiger partial charge on any atom is -0.373 e. The molecule has 2 aliphatic heterocycles. The first-order valence-electron chi connectivity index (χ1n) is 5.50. The second kappa shape index (κ2) is 5.66. The van der Waals surface area contributed by atoms with Crippen molar-refractivity contribution < 1.29 is 14.2 Å². The normalized spacial score (nSPS) is 34.3. The Morgan fingerprint density at radius 2 is 2.21 bits per heavy atom. The summed E-state index contributed by atoms with van der Waals surface area (Å²) in [7, 11) is 0. The predicted octanol–water partition coefficient (Wildman–Crippen LogP) is 0.518. The van der Waals surface area contributed by atoms with Crippen LogP contribution in [-0.2, 0) is 14.2 Å². The summed E-state index contributed by atoms with van der Waals surface area (Å²) in [5, 5.41) is 3.28. The van der Waals surface area contributed by atoms with Crippen LogP contribution in [0, 0.1) is 0 Å². The van der Waals surface area contributed by atoms with E-state index in [1.807, 2.05) is 0 Å². The van der Waals surface area contributed by atoms with Crippen LogP contribution in [0.15, 0.2) is 0 Å². The fraction of sp³-hybridized carbons (Fsp3) is 1.00. The molecule has 2 atom stereocenters. The van der Waals surface area contributed by atoms with Gasteiger partial charge in [-0.25, -0.2) is 0 Å². The van der Waals surface area contributed by atoms with Crippen molar-refractivity contribution in [3.8, 4) is 0 Å². The highest BCUT2D eigenvalue weighted by Crippen LogP contribution is 2.14. The lowest BCUT2D eigenvalue weighted by molar-refractivity contribution is -0.181.